The van der Waals surface area contributed by atoms with E-state index in [0.29, 0.717) is 11.3 Å². The number of esters is 1. The standard InChI is InChI=1S/C43H51F2N3O4/c1-9-51-41(50)39(52-42(4,5)6)37-29(3)46-28(2)36(38(37)47-23-21-43(7,8)22-24-47)32-17-13-30(14-18-32)26-48(27-31-15-19-34(44)20-16-31)40(49)33-11-10-12-35(45)25-33/h10-20,25,39H,9,21-24,26-27H2,1-8H3/t39-/m0/s1. The van der Waals surface area contributed by atoms with Crippen LogP contribution in [0.15, 0.2) is 72.8 Å². The van der Waals surface area contributed by atoms with Crippen molar-refractivity contribution in [2.75, 3.05) is 24.6 Å². The van der Waals surface area contributed by atoms with Crippen LogP contribution in [0.25, 0.3) is 11.1 Å². The second kappa shape index (κ2) is 15.9. The Morgan fingerprint density at radius 1 is 0.885 bits per heavy atom. The Labute approximate surface area is 307 Å². The van der Waals surface area contributed by atoms with Gasteiger partial charge in [0.1, 0.15) is 11.6 Å². The largest absolute Gasteiger partial charge is 0.464 e. The number of carbonyl (C=O) groups excluding carboxylic acids is 2. The Morgan fingerprint density at radius 3 is 2.04 bits per heavy atom. The number of halogens is 2. The van der Waals surface area contributed by atoms with Crippen LogP contribution in [0.1, 0.15) is 98.9 Å². The van der Waals surface area contributed by atoms with Crippen molar-refractivity contribution in [3.63, 3.8) is 0 Å². The zero-order valence-corrected chi connectivity index (χ0v) is 31.7. The topological polar surface area (TPSA) is 72.0 Å². The van der Waals surface area contributed by atoms with Crippen molar-refractivity contribution in [2.24, 2.45) is 5.41 Å². The number of piperidine rings is 1. The molecule has 0 aliphatic carbocycles. The fourth-order valence-corrected chi connectivity index (χ4v) is 6.78. The molecule has 0 unspecified atom stereocenters. The highest BCUT2D eigenvalue weighted by molar-refractivity contribution is 5.94. The molecule has 2 heterocycles. The van der Waals surface area contributed by atoms with Crippen LogP contribution >= 0.6 is 0 Å². The summed E-state index contributed by atoms with van der Waals surface area (Å²) >= 11 is 0. The SMILES string of the molecule is CCOC(=O)[C@@H](OC(C)(C)C)c1c(C)nc(C)c(-c2ccc(CN(Cc3ccc(F)cc3)C(=O)c3cccc(F)c3)cc2)c1N1CCC(C)(C)CC1. The summed E-state index contributed by atoms with van der Waals surface area (Å²) in [6.45, 7) is 18.3. The number of nitrogens with zero attached hydrogens (tertiary/aromatic N) is 3. The van der Waals surface area contributed by atoms with Crippen LogP contribution in [0.3, 0.4) is 0 Å². The minimum absolute atomic E-state index is 0.195. The number of aryl methyl sites for hydroxylation is 2. The molecule has 1 amide bonds. The van der Waals surface area contributed by atoms with E-state index in [2.05, 4.69) is 18.7 Å². The maximum absolute atomic E-state index is 14.1. The Morgan fingerprint density at radius 2 is 1.48 bits per heavy atom. The second-order valence-corrected chi connectivity index (χ2v) is 15.4. The van der Waals surface area contributed by atoms with Crippen LogP contribution in [-0.2, 0) is 27.4 Å². The minimum atomic E-state index is -0.982. The van der Waals surface area contributed by atoms with Gasteiger partial charge >= 0.3 is 5.97 Å². The van der Waals surface area contributed by atoms with E-state index in [1.165, 1.54) is 30.3 Å². The first-order valence-corrected chi connectivity index (χ1v) is 18.0. The predicted octanol–water partition coefficient (Wildman–Crippen LogP) is 9.53. The normalized spacial score (nSPS) is 14.9. The first-order valence-electron chi connectivity index (χ1n) is 18.0. The third-order valence-corrected chi connectivity index (χ3v) is 9.51. The average Bonchev–Trinajstić information content (AvgIpc) is 3.08. The fraction of sp³-hybridized carbons (Fsp3) is 0.419. The Kier molecular flexibility index (Phi) is 11.8. The third-order valence-electron chi connectivity index (χ3n) is 9.51. The molecule has 1 aromatic heterocycles. The number of amides is 1. The summed E-state index contributed by atoms with van der Waals surface area (Å²) in [7, 11) is 0. The molecule has 276 valence electrons. The highest BCUT2D eigenvalue weighted by Crippen LogP contribution is 2.45. The van der Waals surface area contributed by atoms with Crippen molar-refractivity contribution in [2.45, 2.75) is 93.0 Å². The molecule has 0 saturated carbocycles. The van der Waals surface area contributed by atoms with Gasteiger partial charge in [-0.15, -0.1) is 0 Å². The number of aromatic nitrogens is 1. The third kappa shape index (κ3) is 9.42. The summed E-state index contributed by atoms with van der Waals surface area (Å²) in [5.41, 5.74) is 6.40. The Hall–Kier alpha value is -4.63. The van der Waals surface area contributed by atoms with Gasteiger partial charge < -0.3 is 19.3 Å². The van der Waals surface area contributed by atoms with E-state index in [1.54, 1.807) is 30.0 Å². The lowest BCUT2D eigenvalue weighted by atomic mass is 9.81. The van der Waals surface area contributed by atoms with Crippen molar-refractivity contribution in [3.05, 3.63) is 118 Å². The van der Waals surface area contributed by atoms with Crippen molar-refractivity contribution in [1.29, 1.82) is 0 Å². The van der Waals surface area contributed by atoms with E-state index >= 15 is 0 Å². The summed E-state index contributed by atoms with van der Waals surface area (Å²) in [6.07, 6.45) is 0.988. The van der Waals surface area contributed by atoms with Gasteiger partial charge in [0.2, 0.25) is 0 Å². The second-order valence-electron chi connectivity index (χ2n) is 15.4. The molecule has 1 atom stereocenters. The van der Waals surface area contributed by atoms with Crippen LogP contribution in [0.5, 0.6) is 0 Å². The molecule has 3 aromatic carbocycles. The van der Waals surface area contributed by atoms with Gasteiger partial charge in [-0.3, -0.25) is 9.78 Å². The molecular formula is C43H51F2N3O4. The van der Waals surface area contributed by atoms with Gasteiger partial charge in [0, 0.05) is 54.3 Å². The maximum Gasteiger partial charge on any atom is 0.340 e. The minimum Gasteiger partial charge on any atom is -0.464 e. The van der Waals surface area contributed by atoms with Gasteiger partial charge in [0.15, 0.2) is 6.10 Å². The summed E-state index contributed by atoms with van der Waals surface area (Å²) in [4.78, 5) is 36.4. The number of benzene rings is 3. The summed E-state index contributed by atoms with van der Waals surface area (Å²) in [5.74, 6) is -1.65. The molecule has 0 bridgehead atoms. The summed E-state index contributed by atoms with van der Waals surface area (Å²) in [6, 6.07) is 19.6. The fourth-order valence-electron chi connectivity index (χ4n) is 6.78. The number of hydrogen-bond donors (Lipinski definition) is 0. The molecule has 5 rings (SSSR count). The van der Waals surface area contributed by atoms with E-state index < -0.39 is 23.5 Å². The molecule has 0 N–H and O–H groups in total. The molecular weight excluding hydrogens is 660 g/mol. The highest BCUT2D eigenvalue weighted by atomic mass is 19.1. The molecule has 52 heavy (non-hydrogen) atoms. The number of ether oxygens (including phenoxy) is 2. The average molecular weight is 712 g/mol. The van der Waals surface area contributed by atoms with Crippen molar-refractivity contribution in [3.8, 4) is 11.1 Å². The lowest BCUT2D eigenvalue weighted by Gasteiger charge is -2.41. The molecule has 9 heteroatoms. The van der Waals surface area contributed by atoms with Gasteiger partial charge in [-0.25, -0.2) is 13.6 Å². The van der Waals surface area contributed by atoms with Crippen LogP contribution in [0.4, 0.5) is 14.5 Å². The highest BCUT2D eigenvalue weighted by Gasteiger charge is 2.37. The predicted molar refractivity (Wildman–Crippen MR) is 201 cm³/mol. The molecule has 1 fully saturated rings. The van der Waals surface area contributed by atoms with Crippen molar-refractivity contribution in [1.82, 2.24) is 9.88 Å². The van der Waals surface area contributed by atoms with Crippen molar-refractivity contribution < 1.29 is 27.8 Å². The number of rotatable bonds is 11. The van der Waals surface area contributed by atoms with Gasteiger partial charge in [0.25, 0.3) is 5.91 Å². The Bertz CT molecular complexity index is 1870. The van der Waals surface area contributed by atoms with Crippen LogP contribution in [-0.4, -0.2) is 47.1 Å². The Balaban J connectivity index is 1.58. The number of hydrogen-bond acceptors (Lipinski definition) is 6. The number of anilines is 1. The number of carbonyl (C=O) groups is 2. The van der Waals surface area contributed by atoms with Gasteiger partial charge in [-0.1, -0.05) is 56.3 Å². The molecule has 1 aliphatic rings. The molecule has 7 nitrogen and oxygen atoms in total. The monoisotopic (exact) mass is 711 g/mol. The zero-order chi connectivity index (χ0) is 37.8. The van der Waals surface area contributed by atoms with Crippen LogP contribution in [0, 0.1) is 30.9 Å². The quantitative estimate of drug-likeness (QED) is 0.144. The maximum atomic E-state index is 14.1. The molecule has 1 saturated heterocycles. The lowest BCUT2D eigenvalue weighted by molar-refractivity contribution is -0.166. The summed E-state index contributed by atoms with van der Waals surface area (Å²) in [5, 5.41) is 0. The molecule has 0 spiro atoms. The molecule has 0 radical (unpaired) electrons. The van der Waals surface area contributed by atoms with E-state index in [4.69, 9.17) is 14.5 Å². The smallest absolute Gasteiger partial charge is 0.340 e. The van der Waals surface area contributed by atoms with E-state index in [-0.39, 0.29) is 42.4 Å². The first kappa shape index (κ1) is 38.6. The van der Waals surface area contributed by atoms with Crippen LogP contribution < -0.4 is 4.90 Å². The van der Waals surface area contributed by atoms with E-state index in [1.807, 2.05) is 58.9 Å². The lowest BCUT2D eigenvalue weighted by Crippen LogP contribution is -2.39. The first-order chi connectivity index (χ1) is 24.5. The van der Waals surface area contributed by atoms with E-state index in [9.17, 15) is 18.4 Å². The summed E-state index contributed by atoms with van der Waals surface area (Å²) < 4.78 is 39.9. The van der Waals surface area contributed by atoms with E-state index in [0.717, 1.165) is 59.6 Å². The van der Waals surface area contributed by atoms with Crippen LogP contribution in [0.2, 0.25) is 0 Å². The van der Waals surface area contributed by atoms with Gasteiger partial charge in [-0.2, -0.15) is 0 Å². The molecule has 1 aliphatic heterocycles. The zero-order valence-electron chi connectivity index (χ0n) is 31.7. The van der Waals surface area contributed by atoms with Crippen molar-refractivity contribution >= 4 is 17.6 Å². The number of pyridine rings is 1. The van der Waals surface area contributed by atoms with Gasteiger partial charge in [0.05, 0.1) is 17.9 Å². The van der Waals surface area contributed by atoms with Gasteiger partial charge in [-0.05, 0) is 107 Å². The molecule has 4 aromatic rings.